The van der Waals surface area contributed by atoms with E-state index in [0.717, 1.165) is 17.7 Å². The van der Waals surface area contributed by atoms with Gasteiger partial charge in [0.05, 0.1) is 11.3 Å². The molecule has 6 nitrogen and oxygen atoms in total. The molecule has 2 aromatic carbocycles. The van der Waals surface area contributed by atoms with Gasteiger partial charge in [-0.15, -0.1) is 0 Å². The fourth-order valence-electron chi connectivity index (χ4n) is 3.18. The van der Waals surface area contributed by atoms with Crippen molar-refractivity contribution in [3.63, 3.8) is 0 Å². The summed E-state index contributed by atoms with van der Waals surface area (Å²) in [6, 6.07) is 9.70. The van der Waals surface area contributed by atoms with E-state index >= 15 is 0 Å². The maximum absolute atomic E-state index is 12.8. The van der Waals surface area contributed by atoms with Crippen molar-refractivity contribution in [2.45, 2.75) is 46.8 Å². The molecule has 1 fully saturated rings. The number of carbonyl (C=O) groups is 2. The largest absolute Gasteiger partial charge is 0.416 e. The monoisotopic (exact) mass is 474 g/mol. The first-order valence-corrected chi connectivity index (χ1v) is 10.9. The van der Waals surface area contributed by atoms with Gasteiger partial charge in [0.25, 0.3) is 0 Å². The number of hydrogen-bond donors (Lipinski definition) is 2. The molecule has 0 unspecified atom stereocenters. The molecule has 182 valence electrons. The van der Waals surface area contributed by atoms with Crippen molar-refractivity contribution in [2.24, 2.45) is 4.99 Å². The fourth-order valence-corrected chi connectivity index (χ4v) is 3.18. The zero-order chi connectivity index (χ0) is 25.3. The predicted octanol–water partition coefficient (Wildman–Crippen LogP) is 6.37. The summed E-state index contributed by atoms with van der Waals surface area (Å²) in [5.74, 6) is -0.351. The van der Waals surface area contributed by atoms with Crippen LogP contribution >= 0.6 is 0 Å². The average molecular weight is 475 g/mol. The minimum atomic E-state index is -4.40. The van der Waals surface area contributed by atoms with Crippen LogP contribution in [0.4, 0.5) is 29.3 Å². The minimum Gasteiger partial charge on any atom is -0.355 e. The van der Waals surface area contributed by atoms with Crippen LogP contribution in [-0.2, 0) is 17.5 Å². The zero-order valence-corrected chi connectivity index (χ0v) is 19.7. The third-order valence-electron chi connectivity index (χ3n) is 4.63. The quantitative estimate of drug-likeness (QED) is 0.377. The first-order valence-electron chi connectivity index (χ1n) is 10.9. The number of nitrogens with zero attached hydrogens (tertiary/aromatic N) is 2. The van der Waals surface area contributed by atoms with Crippen LogP contribution in [-0.4, -0.2) is 29.6 Å². The molecule has 3 amide bonds. The molecule has 0 atom stereocenters. The Morgan fingerprint density at radius 3 is 2.26 bits per heavy atom. The molecule has 0 saturated carbocycles. The molecule has 1 heterocycles. The molecular weight excluding hydrogens is 445 g/mol. The van der Waals surface area contributed by atoms with Gasteiger partial charge in [-0.1, -0.05) is 32.4 Å². The van der Waals surface area contributed by atoms with E-state index in [4.69, 9.17) is 0 Å². The van der Waals surface area contributed by atoms with E-state index in [0.29, 0.717) is 22.6 Å². The fraction of sp³-hybridized carbons (Fsp3) is 0.320. The number of amides is 3. The Morgan fingerprint density at radius 2 is 1.76 bits per heavy atom. The van der Waals surface area contributed by atoms with E-state index in [1.165, 1.54) is 23.5 Å². The Morgan fingerprint density at radius 1 is 1.12 bits per heavy atom. The van der Waals surface area contributed by atoms with E-state index in [9.17, 15) is 22.8 Å². The first kappa shape index (κ1) is 26.6. The number of alkyl halides is 3. The highest BCUT2D eigenvalue weighted by atomic mass is 19.4. The molecule has 1 aliphatic heterocycles. The highest BCUT2D eigenvalue weighted by Gasteiger charge is 2.30. The highest BCUT2D eigenvalue weighted by Crippen LogP contribution is 2.32. The van der Waals surface area contributed by atoms with Gasteiger partial charge >= 0.3 is 12.2 Å². The lowest BCUT2D eigenvalue weighted by Gasteiger charge is -2.17. The zero-order valence-electron chi connectivity index (χ0n) is 19.7. The van der Waals surface area contributed by atoms with Crippen LogP contribution in [0.3, 0.4) is 0 Å². The van der Waals surface area contributed by atoms with Crippen LogP contribution in [0, 0.1) is 0 Å². The molecule has 0 aliphatic carbocycles. The van der Waals surface area contributed by atoms with Gasteiger partial charge in [-0.25, -0.2) is 4.79 Å². The molecule has 2 aromatic rings. The number of halogens is 3. The van der Waals surface area contributed by atoms with Crippen molar-refractivity contribution >= 4 is 35.2 Å². The Bertz CT molecular complexity index is 1060. The summed E-state index contributed by atoms with van der Waals surface area (Å²) in [5.41, 5.74) is 2.55. The number of urea groups is 1. The topological polar surface area (TPSA) is 73.8 Å². The Balaban J connectivity index is 0.00000129. The normalized spacial score (nSPS) is 14.2. The van der Waals surface area contributed by atoms with Crippen molar-refractivity contribution in [3.05, 3.63) is 65.2 Å². The number of aliphatic imine (C=N–C) groups is 1. The van der Waals surface area contributed by atoms with Gasteiger partial charge in [0.1, 0.15) is 6.54 Å². The van der Waals surface area contributed by atoms with E-state index in [1.807, 2.05) is 19.1 Å². The molecule has 2 N–H and O–H groups in total. The van der Waals surface area contributed by atoms with Crippen molar-refractivity contribution in [1.82, 2.24) is 10.2 Å². The number of imide groups is 1. The van der Waals surface area contributed by atoms with Crippen molar-refractivity contribution in [2.75, 3.05) is 11.9 Å². The minimum absolute atomic E-state index is 0.0106. The molecule has 0 bridgehead atoms. The van der Waals surface area contributed by atoms with E-state index in [1.54, 1.807) is 25.3 Å². The highest BCUT2D eigenvalue weighted by molar-refractivity contribution is 6.01. The molecule has 0 spiro atoms. The number of hydrogen-bond acceptors (Lipinski definition) is 4. The maximum Gasteiger partial charge on any atom is 0.416 e. The van der Waals surface area contributed by atoms with Crippen molar-refractivity contribution < 1.29 is 22.8 Å². The van der Waals surface area contributed by atoms with Crippen LogP contribution in [0.25, 0.3) is 5.70 Å². The number of rotatable bonds is 6. The van der Waals surface area contributed by atoms with Gasteiger partial charge in [0, 0.05) is 29.7 Å². The van der Waals surface area contributed by atoms with Gasteiger partial charge in [0.15, 0.2) is 0 Å². The lowest BCUT2D eigenvalue weighted by atomic mass is 10.0. The summed E-state index contributed by atoms with van der Waals surface area (Å²) in [7, 11) is 0. The van der Waals surface area contributed by atoms with Crippen LogP contribution < -0.4 is 10.6 Å². The molecule has 0 radical (unpaired) electrons. The van der Waals surface area contributed by atoms with Gasteiger partial charge in [0.2, 0.25) is 5.91 Å². The van der Waals surface area contributed by atoms with Gasteiger partial charge < -0.3 is 10.2 Å². The summed E-state index contributed by atoms with van der Waals surface area (Å²) < 4.78 is 38.4. The molecule has 9 heteroatoms. The molecule has 1 aliphatic rings. The van der Waals surface area contributed by atoms with Crippen molar-refractivity contribution in [1.29, 1.82) is 0 Å². The average Bonchev–Trinajstić information content (AvgIpc) is 3.10. The predicted molar refractivity (Wildman–Crippen MR) is 129 cm³/mol. The van der Waals surface area contributed by atoms with Gasteiger partial charge in [-0.3, -0.25) is 15.1 Å². The van der Waals surface area contributed by atoms with Crippen LogP contribution in [0.2, 0.25) is 0 Å². The summed E-state index contributed by atoms with van der Waals surface area (Å²) in [5, 5.41) is 5.37. The molecule has 34 heavy (non-hydrogen) atoms. The molecule has 3 rings (SSSR count). The molecule has 0 aromatic heterocycles. The number of nitrogens with one attached hydrogen (secondary N) is 2. The van der Waals surface area contributed by atoms with Crippen LogP contribution in [0.1, 0.15) is 50.8 Å². The second kappa shape index (κ2) is 12.0. The number of carbonyl (C=O) groups excluding carboxylic acids is 2. The second-order valence-corrected chi connectivity index (χ2v) is 7.56. The van der Waals surface area contributed by atoms with Crippen LogP contribution in [0.15, 0.2) is 53.5 Å². The lowest BCUT2D eigenvalue weighted by Crippen LogP contribution is -2.27. The Kier molecular flexibility index (Phi) is 9.41. The van der Waals surface area contributed by atoms with Gasteiger partial charge in [-0.05, 0) is 55.8 Å². The maximum atomic E-state index is 12.8. The van der Waals surface area contributed by atoms with Gasteiger partial charge in [-0.2, -0.15) is 13.2 Å². The SMILES string of the molecule is CC=N/C(=C\C)c1cc(CN2CC(=O)NC2=O)ccc1Nc1ccc(C(F)(F)F)cc1.CCC. The number of benzene rings is 2. The standard InChI is InChI=1S/C22H21F3N4O2.C3H8/c1-3-18(26-4-2)17-11-14(12-29-13-20(30)28-21(29)31)5-10-19(17)27-16-8-6-15(7-9-16)22(23,24)25;1-3-2/h3-11,27H,12-13H2,1-2H3,(H,28,30,31);3H2,1-2H3/b18-3-,26-4?;. The Hall–Kier alpha value is -3.62. The summed E-state index contributed by atoms with van der Waals surface area (Å²) in [4.78, 5) is 29.0. The summed E-state index contributed by atoms with van der Waals surface area (Å²) in [6.45, 7) is 8.07. The van der Waals surface area contributed by atoms with Crippen LogP contribution in [0.5, 0.6) is 0 Å². The Labute approximate surface area is 197 Å². The lowest BCUT2D eigenvalue weighted by molar-refractivity contribution is -0.137. The number of anilines is 2. The van der Waals surface area contributed by atoms with Crippen molar-refractivity contribution in [3.8, 4) is 0 Å². The third-order valence-corrected chi connectivity index (χ3v) is 4.63. The molecule has 1 saturated heterocycles. The van der Waals surface area contributed by atoms with E-state index in [-0.39, 0.29) is 19.0 Å². The number of allylic oxidation sites excluding steroid dienone is 1. The van der Waals surface area contributed by atoms with E-state index < -0.39 is 17.8 Å². The summed E-state index contributed by atoms with van der Waals surface area (Å²) >= 11 is 0. The van der Waals surface area contributed by atoms with E-state index in [2.05, 4.69) is 29.5 Å². The summed E-state index contributed by atoms with van der Waals surface area (Å²) in [6.07, 6.45) is 0.294. The molecular formula is C25H29F3N4O2. The first-order chi connectivity index (χ1) is 16.1. The smallest absolute Gasteiger partial charge is 0.355 e. The second-order valence-electron chi connectivity index (χ2n) is 7.56. The third kappa shape index (κ3) is 7.19.